The van der Waals surface area contributed by atoms with Gasteiger partial charge in [-0.1, -0.05) is 11.3 Å². The summed E-state index contributed by atoms with van der Waals surface area (Å²) >= 11 is 1.33. The first-order valence-corrected chi connectivity index (χ1v) is 4.65. The Labute approximate surface area is 100 Å². The van der Waals surface area contributed by atoms with Gasteiger partial charge in [0.2, 0.25) is 0 Å². The van der Waals surface area contributed by atoms with Crippen LogP contribution in [-0.2, 0) is 16.5 Å². The van der Waals surface area contributed by atoms with Crippen LogP contribution >= 0.6 is 11.3 Å². The topological polar surface area (TPSA) is 82.8 Å². The number of ether oxygens (including phenoxy) is 1. The summed E-state index contributed by atoms with van der Waals surface area (Å²) in [6.07, 6.45) is 0. The summed E-state index contributed by atoms with van der Waals surface area (Å²) < 4.78 is 5.88. The van der Waals surface area contributed by atoms with Crippen molar-refractivity contribution in [3.8, 4) is 5.75 Å². The molecule has 0 aliphatic heterocycles. The Kier molecular flexibility index (Phi) is 3.60. The van der Waals surface area contributed by atoms with Gasteiger partial charge in [0.15, 0.2) is 5.13 Å². The summed E-state index contributed by atoms with van der Waals surface area (Å²) in [6, 6.07) is 3.40. The molecule has 0 aliphatic rings. The minimum Gasteiger partial charge on any atom is -0.706 e. The number of thiazole rings is 1. The van der Waals surface area contributed by atoms with Crippen LogP contribution in [0.15, 0.2) is 17.2 Å². The Morgan fingerprint density at radius 3 is 2.87 bits per heavy atom. The summed E-state index contributed by atoms with van der Waals surface area (Å²) in [6.45, 7) is 0. The van der Waals surface area contributed by atoms with Gasteiger partial charge in [0.05, 0.1) is 17.5 Å². The molecule has 0 aliphatic carbocycles. The molecular weight excluding hydrogens is 259 g/mol. The largest absolute Gasteiger partial charge is 0.706 e. The average Bonchev–Trinajstić information content (AvgIpc) is 2.56. The Morgan fingerprint density at radius 2 is 2.27 bits per heavy atom. The Hall–Kier alpha value is -1.20. The molecule has 5 nitrogen and oxygen atoms in total. The van der Waals surface area contributed by atoms with Crippen LogP contribution < -0.4 is 10.5 Å². The molecule has 7 heteroatoms. The molecule has 1 aromatic heterocycles. The van der Waals surface area contributed by atoms with Gasteiger partial charge >= 0.3 is 0 Å². The van der Waals surface area contributed by atoms with Gasteiger partial charge in [-0.15, -0.1) is 0 Å². The first-order chi connectivity index (χ1) is 6.74. The Balaban J connectivity index is 0.00000112. The number of hydrogen-bond donors (Lipinski definition) is 1. The number of nitrogens with two attached hydrogens (primary N) is 1. The van der Waals surface area contributed by atoms with E-state index in [-0.39, 0.29) is 16.5 Å². The van der Waals surface area contributed by atoms with Gasteiger partial charge in [-0.3, -0.25) is 0 Å². The maximum atomic E-state index is 8.76. The molecule has 0 bridgehead atoms. The predicted octanol–water partition coefficient (Wildman–Crippen LogP) is 2.54. The molecule has 2 rings (SSSR count). The molecule has 0 radical (unpaired) electrons. The zero-order chi connectivity index (χ0) is 10.1. The van der Waals surface area contributed by atoms with E-state index in [0.717, 1.165) is 4.70 Å². The SMILES string of the molecule is COc1cc(N=[N-])c2nc(N)sc2c1.[Ni]. The second-order valence-electron chi connectivity index (χ2n) is 2.65. The third-order valence-electron chi connectivity index (χ3n) is 1.81. The first-order valence-electron chi connectivity index (χ1n) is 3.83. The monoisotopic (exact) mass is 265 g/mol. The number of nitrogens with zero attached hydrogens (tertiary/aromatic N) is 3. The van der Waals surface area contributed by atoms with Crippen LogP contribution in [0.2, 0.25) is 0 Å². The van der Waals surface area contributed by atoms with E-state index in [9.17, 15) is 0 Å². The van der Waals surface area contributed by atoms with Crippen molar-refractivity contribution in [2.24, 2.45) is 5.11 Å². The van der Waals surface area contributed by atoms with Gasteiger partial charge in [0.25, 0.3) is 0 Å². The molecule has 0 fully saturated rings. The number of nitrogen functional groups attached to an aromatic ring is 1. The zero-order valence-electron chi connectivity index (χ0n) is 7.71. The van der Waals surface area contributed by atoms with Crippen LogP contribution in [0.1, 0.15) is 0 Å². The maximum absolute atomic E-state index is 8.76. The average molecular weight is 266 g/mol. The quantitative estimate of drug-likeness (QED) is 0.669. The summed E-state index contributed by atoms with van der Waals surface area (Å²) in [5.74, 6) is 0.619. The fourth-order valence-corrected chi connectivity index (χ4v) is 1.98. The molecule has 2 N–H and O–H groups in total. The number of aromatic nitrogens is 1. The summed E-state index contributed by atoms with van der Waals surface area (Å²) in [7, 11) is 1.55. The number of rotatable bonds is 2. The van der Waals surface area contributed by atoms with Gasteiger partial charge in [-0.05, 0) is 6.07 Å². The molecule has 1 aromatic carbocycles. The normalized spacial score (nSPS) is 9.67. The van der Waals surface area contributed by atoms with E-state index in [1.807, 2.05) is 0 Å². The molecule has 0 atom stereocenters. The van der Waals surface area contributed by atoms with Crippen LogP contribution in [0.5, 0.6) is 5.75 Å². The molecule has 0 spiro atoms. The van der Waals surface area contributed by atoms with Crippen LogP contribution in [0.25, 0.3) is 15.7 Å². The summed E-state index contributed by atoms with van der Waals surface area (Å²) in [4.78, 5) is 4.05. The standard InChI is InChI=1S/C8H7N4OS.Ni/c1-13-4-2-5(12-10)7-6(3-4)14-8(9)11-7;/h2-3H,1H3,(H2,9,11);/q-1;. The van der Waals surface area contributed by atoms with E-state index in [4.69, 9.17) is 16.0 Å². The molecular formula is C8H7N4NiOS-. The van der Waals surface area contributed by atoms with Crippen molar-refractivity contribution in [1.29, 1.82) is 0 Å². The molecule has 0 amide bonds. The molecule has 0 saturated carbocycles. The molecule has 82 valence electrons. The van der Waals surface area contributed by atoms with E-state index in [1.165, 1.54) is 11.3 Å². The molecule has 0 saturated heterocycles. The minimum atomic E-state index is 0. The van der Waals surface area contributed by atoms with Crippen molar-refractivity contribution in [3.05, 3.63) is 17.7 Å². The second kappa shape index (κ2) is 4.55. The van der Waals surface area contributed by atoms with Gasteiger partial charge in [0, 0.05) is 22.6 Å². The van der Waals surface area contributed by atoms with Crippen LogP contribution in [0.4, 0.5) is 10.8 Å². The zero-order valence-corrected chi connectivity index (χ0v) is 9.51. The molecule has 15 heavy (non-hydrogen) atoms. The maximum Gasteiger partial charge on any atom is 0.181 e. The third-order valence-corrected chi connectivity index (χ3v) is 2.64. The van der Waals surface area contributed by atoms with Gasteiger partial charge in [0.1, 0.15) is 11.3 Å². The van der Waals surface area contributed by atoms with Crippen molar-refractivity contribution in [3.63, 3.8) is 0 Å². The van der Waals surface area contributed by atoms with E-state index >= 15 is 0 Å². The number of hydrogen-bond acceptors (Lipinski definition) is 5. The molecule has 1 heterocycles. The van der Waals surface area contributed by atoms with E-state index in [0.29, 0.717) is 22.1 Å². The second-order valence-corrected chi connectivity index (χ2v) is 3.71. The van der Waals surface area contributed by atoms with E-state index < -0.39 is 0 Å². The third kappa shape index (κ3) is 2.08. The number of benzene rings is 1. The van der Waals surface area contributed by atoms with Crippen molar-refractivity contribution in [2.75, 3.05) is 12.8 Å². The van der Waals surface area contributed by atoms with Crippen molar-refractivity contribution < 1.29 is 21.2 Å². The number of fused-ring (bicyclic) bond motifs is 1. The van der Waals surface area contributed by atoms with E-state index in [1.54, 1.807) is 19.2 Å². The number of methoxy groups -OCH3 is 1. The minimum absolute atomic E-state index is 0. The molecule has 0 unspecified atom stereocenters. The van der Waals surface area contributed by atoms with Crippen LogP contribution in [0.3, 0.4) is 0 Å². The summed E-state index contributed by atoms with van der Waals surface area (Å²) in [5, 5.41) is 3.57. The summed E-state index contributed by atoms with van der Waals surface area (Å²) in [5.41, 5.74) is 15.3. The Morgan fingerprint density at radius 1 is 1.53 bits per heavy atom. The fourth-order valence-electron chi connectivity index (χ4n) is 1.20. The van der Waals surface area contributed by atoms with Crippen molar-refractivity contribution in [1.82, 2.24) is 4.98 Å². The van der Waals surface area contributed by atoms with Gasteiger partial charge < -0.3 is 21.1 Å². The number of anilines is 1. The predicted molar refractivity (Wildman–Crippen MR) is 56.0 cm³/mol. The van der Waals surface area contributed by atoms with E-state index in [2.05, 4.69) is 10.1 Å². The van der Waals surface area contributed by atoms with Crippen LogP contribution in [0, 0.1) is 0 Å². The van der Waals surface area contributed by atoms with Gasteiger partial charge in [-0.25, -0.2) is 4.98 Å². The molecule has 2 aromatic rings. The Bertz CT molecular complexity index is 499. The van der Waals surface area contributed by atoms with Crippen molar-refractivity contribution in [2.45, 2.75) is 0 Å². The fraction of sp³-hybridized carbons (Fsp3) is 0.125. The van der Waals surface area contributed by atoms with Crippen molar-refractivity contribution >= 4 is 32.4 Å². The smallest absolute Gasteiger partial charge is 0.181 e. The van der Waals surface area contributed by atoms with Crippen LogP contribution in [-0.4, -0.2) is 12.1 Å². The first kappa shape index (κ1) is 11.9. The van der Waals surface area contributed by atoms with Gasteiger partial charge in [-0.2, -0.15) is 0 Å².